The Hall–Kier alpha value is -2.79. The first-order chi connectivity index (χ1) is 13.6. The van der Waals surface area contributed by atoms with Crippen LogP contribution in [0.3, 0.4) is 0 Å². The molecule has 5 N–H and O–H groups in total. The third-order valence-corrected chi connectivity index (χ3v) is 4.68. The number of hydrogen-bond acceptors (Lipinski definition) is 9. The Kier molecular flexibility index (Phi) is 5.09. The fourth-order valence-electron chi connectivity index (χ4n) is 3.18. The van der Waals surface area contributed by atoms with Crippen molar-refractivity contribution < 1.29 is 24.8 Å². The molecule has 28 heavy (non-hydrogen) atoms. The molecular weight excluding hydrogens is 366 g/mol. The van der Waals surface area contributed by atoms with Gasteiger partial charge in [-0.25, -0.2) is 4.98 Å². The summed E-state index contributed by atoms with van der Waals surface area (Å²) in [7, 11) is 0. The van der Waals surface area contributed by atoms with Gasteiger partial charge in [0.2, 0.25) is 0 Å². The largest absolute Gasteiger partial charge is 0.463 e. The van der Waals surface area contributed by atoms with Crippen molar-refractivity contribution >= 4 is 17.0 Å². The van der Waals surface area contributed by atoms with Crippen LogP contribution in [0.5, 0.6) is 6.01 Å². The van der Waals surface area contributed by atoms with E-state index in [1.807, 2.05) is 30.3 Å². The number of fused-ring (bicyclic) bond motifs is 1. The predicted octanol–water partition coefficient (Wildman–Crippen LogP) is -0.359. The van der Waals surface area contributed by atoms with Crippen molar-refractivity contribution in [3.8, 4) is 6.01 Å². The van der Waals surface area contributed by atoms with Gasteiger partial charge in [0.25, 0.3) is 0 Å². The average Bonchev–Trinajstić information content (AvgIpc) is 3.24. The van der Waals surface area contributed by atoms with Gasteiger partial charge in [0.05, 0.1) is 19.5 Å². The van der Waals surface area contributed by atoms with Crippen molar-refractivity contribution in [3.63, 3.8) is 0 Å². The lowest BCUT2D eigenvalue weighted by atomic mass is 10.1. The third-order valence-electron chi connectivity index (χ3n) is 4.68. The van der Waals surface area contributed by atoms with Gasteiger partial charge >= 0.3 is 6.01 Å². The van der Waals surface area contributed by atoms with Crippen molar-refractivity contribution in [1.29, 1.82) is 0 Å². The van der Waals surface area contributed by atoms with Crippen molar-refractivity contribution in [2.24, 2.45) is 0 Å². The highest BCUT2D eigenvalue weighted by Gasteiger charge is 2.44. The number of imidazole rings is 1. The molecule has 3 aromatic rings. The number of hydrogen-bond donors (Lipinski definition) is 4. The molecule has 10 nitrogen and oxygen atoms in total. The maximum Gasteiger partial charge on any atom is 0.320 e. The smallest absolute Gasteiger partial charge is 0.320 e. The summed E-state index contributed by atoms with van der Waals surface area (Å²) in [5, 5.41) is 29.5. The van der Waals surface area contributed by atoms with Gasteiger partial charge in [0.1, 0.15) is 18.3 Å². The van der Waals surface area contributed by atoms with Crippen LogP contribution in [0.4, 0.5) is 5.82 Å². The fourth-order valence-corrected chi connectivity index (χ4v) is 3.18. The number of rotatable bonds is 6. The molecule has 1 aliphatic heterocycles. The number of aliphatic hydroxyl groups excluding tert-OH is 3. The molecule has 2 aromatic heterocycles. The van der Waals surface area contributed by atoms with E-state index in [1.165, 1.54) is 10.9 Å². The van der Waals surface area contributed by atoms with Crippen molar-refractivity contribution in [1.82, 2.24) is 19.5 Å². The molecule has 1 saturated heterocycles. The molecule has 3 heterocycles. The normalized spacial score (nSPS) is 24.7. The SMILES string of the molecule is Nc1nc(OCCc2ccccc2)nc2c1ncn2C1O[C@@H](CO)[C@H](O)[C@@H]1O. The monoisotopic (exact) mass is 387 g/mol. The summed E-state index contributed by atoms with van der Waals surface area (Å²) in [5.41, 5.74) is 7.72. The highest BCUT2D eigenvalue weighted by Crippen LogP contribution is 2.32. The Morgan fingerprint density at radius 3 is 2.64 bits per heavy atom. The number of nitrogen functional groups attached to an aromatic ring is 1. The van der Waals surface area contributed by atoms with Gasteiger partial charge in [-0.15, -0.1) is 0 Å². The lowest BCUT2D eigenvalue weighted by Crippen LogP contribution is -2.33. The molecule has 0 saturated carbocycles. The molecule has 0 radical (unpaired) electrons. The Balaban J connectivity index is 1.56. The second kappa shape index (κ2) is 7.68. The van der Waals surface area contributed by atoms with E-state index in [0.29, 0.717) is 24.2 Å². The van der Waals surface area contributed by atoms with E-state index in [2.05, 4.69) is 15.0 Å². The Bertz CT molecular complexity index is 950. The minimum Gasteiger partial charge on any atom is -0.463 e. The molecule has 1 unspecified atom stereocenters. The second-order valence-corrected chi connectivity index (χ2v) is 6.53. The minimum absolute atomic E-state index is 0.0782. The number of aromatic nitrogens is 4. The maximum absolute atomic E-state index is 10.3. The van der Waals surface area contributed by atoms with Crippen LogP contribution in [0.25, 0.3) is 11.2 Å². The molecule has 0 bridgehead atoms. The molecule has 4 rings (SSSR count). The summed E-state index contributed by atoms with van der Waals surface area (Å²) in [6, 6.07) is 9.93. The highest BCUT2D eigenvalue weighted by atomic mass is 16.6. The topological polar surface area (TPSA) is 149 Å². The van der Waals surface area contributed by atoms with Crippen LogP contribution in [0.1, 0.15) is 11.8 Å². The van der Waals surface area contributed by atoms with Crippen LogP contribution in [0.15, 0.2) is 36.7 Å². The molecule has 0 amide bonds. The van der Waals surface area contributed by atoms with Crippen LogP contribution in [-0.2, 0) is 11.2 Å². The fraction of sp³-hybridized carbons (Fsp3) is 0.389. The number of nitrogens with zero attached hydrogens (tertiary/aromatic N) is 4. The van der Waals surface area contributed by atoms with Gasteiger partial charge in [-0.05, 0) is 5.56 Å². The van der Waals surface area contributed by atoms with E-state index in [1.54, 1.807) is 0 Å². The summed E-state index contributed by atoms with van der Waals surface area (Å²) >= 11 is 0. The van der Waals surface area contributed by atoms with E-state index in [4.69, 9.17) is 15.2 Å². The molecule has 0 aliphatic carbocycles. The van der Waals surface area contributed by atoms with Crippen molar-refractivity contribution in [2.75, 3.05) is 18.9 Å². The van der Waals surface area contributed by atoms with Gasteiger partial charge in [0.15, 0.2) is 23.2 Å². The highest BCUT2D eigenvalue weighted by molar-refractivity contribution is 5.82. The lowest BCUT2D eigenvalue weighted by Gasteiger charge is -2.16. The maximum atomic E-state index is 10.3. The van der Waals surface area contributed by atoms with Gasteiger partial charge in [-0.3, -0.25) is 4.57 Å². The zero-order chi connectivity index (χ0) is 19.7. The van der Waals surface area contributed by atoms with E-state index in [0.717, 1.165) is 5.56 Å². The van der Waals surface area contributed by atoms with Crippen LogP contribution >= 0.6 is 0 Å². The quantitative estimate of drug-likeness (QED) is 0.445. The van der Waals surface area contributed by atoms with Crippen LogP contribution in [0, 0.1) is 0 Å². The lowest BCUT2D eigenvalue weighted by molar-refractivity contribution is -0.0511. The van der Waals surface area contributed by atoms with Crippen LogP contribution < -0.4 is 10.5 Å². The average molecular weight is 387 g/mol. The van der Waals surface area contributed by atoms with Gasteiger partial charge in [-0.1, -0.05) is 30.3 Å². The van der Waals surface area contributed by atoms with E-state index in [9.17, 15) is 15.3 Å². The first kappa shape index (κ1) is 18.6. The molecule has 1 aliphatic rings. The summed E-state index contributed by atoms with van der Waals surface area (Å²) < 4.78 is 12.6. The Labute approximate surface area is 160 Å². The zero-order valence-electron chi connectivity index (χ0n) is 14.9. The molecule has 1 fully saturated rings. The first-order valence-corrected chi connectivity index (χ1v) is 8.87. The summed E-state index contributed by atoms with van der Waals surface area (Å²) in [6.45, 7) is -0.0662. The summed E-state index contributed by atoms with van der Waals surface area (Å²) in [6.07, 6.45) is -2.29. The van der Waals surface area contributed by atoms with Crippen molar-refractivity contribution in [2.45, 2.75) is 31.0 Å². The molecule has 0 spiro atoms. The Morgan fingerprint density at radius 1 is 1.14 bits per heavy atom. The number of anilines is 1. The van der Waals surface area contributed by atoms with Gasteiger partial charge < -0.3 is 30.5 Å². The minimum atomic E-state index is -1.26. The van der Waals surface area contributed by atoms with Crippen LogP contribution in [-0.4, -0.2) is 66.4 Å². The van der Waals surface area contributed by atoms with E-state index in [-0.39, 0.29) is 11.8 Å². The third kappa shape index (κ3) is 3.38. The van der Waals surface area contributed by atoms with Gasteiger partial charge in [-0.2, -0.15) is 9.97 Å². The Morgan fingerprint density at radius 2 is 1.93 bits per heavy atom. The number of aliphatic hydroxyl groups is 3. The molecule has 4 atom stereocenters. The molecule has 10 heteroatoms. The predicted molar refractivity (Wildman–Crippen MR) is 98.4 cm³/mol. The number of nitrogens with two attached hydrogens (primary N) is 1. The van der Waals surface area contributed by atoms with Gasteiger partial charge in [0, 0.05) is 6.42 Å². The van der Waals surface area contributed by atoms with E-state index < -0.39 is 31.1 Å². The summed E-state index contributed by atoms with van der Waals surface area (Å²) in [5.74, 6) is 0.130. The van der Waals surface area contributed by atoms with Crippen molar-refractivity contribution in [3.05, 3.63) is 42.2 Å². The first-order valence-electron chi connectivity index (χ1n) is 8.87. The summed E-state index contributed by atoms with van der Waals surface area (Å²) in [4.78, 5) is 12.6. The zero-order valence-corrected chi connectivity index (χ0v) is 14.9. The standard InChI is InChI=1S/C18H21N5O5/c19-15-12-16(22-18(21-15)27-7-6-10-4-2-1-3-5-10)23(9-20-12)17-14(26)13(25)11(8-24)28-17/h1-5,9,11,13-14,17,24-26H,6-8H2,(H2,19,21,22)/t11-,13-,14-,17?/m0/s1. The second-order valence-electron chi connectivity index (χ2n) is 6.53. The number of ether oxygens (including phenoxy) is 2. The van der Waals surface area contributed by atoms with E-state index >= 15 is 0 Å². The molecular formula is C18H21N5O5. The van der Waals surface area contributed by atoms with Crippen LogP contribution in [0.2, 0.25) is 0 Å². The number of benzene rings is 1. The molecule has 1 aromatic carbocycles. The molecule has 148 valence electrons.